The first-order chi connectivity index (χ1) is 15.2. The van der Waals surface area contributed by atoms with E-state index in [1.807, 2.05) is 30.3 Å². The molecule has 0 atom stereocenters. The zero-order chi connectivity index (χ0) is 23.3. The average molecular weight is 456 g/mol. The molecule has 0 amide bonds. The van der Waals surface area contributed by atoms with Crippen LogP contribution in [0.4, 0.5) is 0 Å². The fraction of sp³-hybridized carbons (Fsp3) is 0.250. The van der Waals surface area contributed by atoms with Crippen molar-refractivity contribution in [3.8, 4) is 5.75 Å². The van der Waals surface area contributed by atoms with E-state index in [2.05, 4.69) is 4.74 Å². The summed E-state index contributed by atoms with van der Waals surface area (Å²) in [5.41, 5.74) is 2.97. The fourth-order valence-electron chi connectivity index (χ4n) is 3.38. The summed E-state index contributed by atoms with van der Waals surface area (Å²) >= 11 is 0. The van der Waals surface area contributed by atoms with Crippen LogP contribution in [-0.2, 0) is 34.0 Å². The summed E-state index contributed by atoms with van der Waals surface area (Å²) in [6, 6.07) is 16.0. The lowest BCUT2D eigenvalue weighted by Gasteiger charge is -2.14. The van der Waals surface area contributed by atoms with E-state index in [9.17, 15) is 18.4 Å². The Morgan fingerprint density at radius 1 is 1.06 bits per heavy atom. The Labute approximate surface area is 187 Å². The number of rotatable bonds is 8. The molecule has 8 heteroatoms. The van der Waals surface area contributed by atoms with Crippen LogP contribution in [0.1, 0.15) is 32.7 Å². The van der Waals surface area contributed by atoms with Crippen LogP contribution in [0.2, 0.25) is 0 Å². The van der Waals surface area contributed by atoms with Crippen LogP contribution in [0.15, 0.2) is 65.7 Å². The minimum Gasteiger partial charge on any atom is -0.618 e. The molecule has 0 aliphatic rings. The average Bonchev–Trinajstić information content (AvgIpc) is 2.76. The highest BCUT2D eigenvalue weighted by Crippen LogP contribution is 2.25. The molecule has 0 unspecified atom stereocenters. The zero-order valence-corrected chi connectivity index (χ0v) is 19.0. The molecule has 7 nitrogen and oxygen atoms in total. The number of nitrogens with zero attached hydrogens (tertiary/aromatic N) is 1. The van der Waals surface area contributed by atoms with Gasteiger partial charge in [-0.2, -0.15) is 4.73 Å². The first-order valence-corrected chi connectivity index (χ1v) is 11.9. The molecule has 0 saturated carbocycles. The Morgan fingerprint density at radius 2 is 1.78 bits per heavy atom. The topological polar surface area (TPSA) is 96.6 Å². The molecule has 0 fully saturated rings. The number of hydrogen-bond acceptors (Lipinski definition) is 6. The van der Waals surface area contributed by atoms with Crippen molar-refractivity contribution in [2.75, 3.05) is 13.4 Å². The van der Waals surface area contributed by atoms with E-state index >= 15 is 0 Å². The van der Waals surface area contributed by atoms with Gasteiger partial charge in [0.05, 0.1) is 12.0 Å². The first-order valence-electron chi connectivity index (χ1n) is 9.99. The third-order valence-electron chi connectivity index (χ3n) is 5.10. The van der Waals surface area contributed by atoms with E-state index in [4.69, 9.17) is 4.74 Å². The highest BCUT2D eigenvalue weighted by molar-refractivity contribution is 7.90. The normalized spacial score (nSPS) is 11.2. The lowest BCUT2D eigenvalue weighted by atomic mass is 10.0. The summed E-state index contributed by atoms with van der Waals surface area (Å²) in [6.07, 6.45) is 3.06. The molecular formula is C24H25NO6S. The second-order valence-corrected chi connectivity index (χ2v) is 9.51. The number of hydrogen-bond donors (Lipinski definition) is 0. The van der Waals surface area contributed by atoms with Gasteiger partial charge in [-0.15, -0.1) is 0 Å². The van der Waals surface area contributed by atoms with Crippen molar-refractivity contribution in [3.63, 3.8) is 0 Å². The van der Waals surface area contributed by atoms with Crippen molar-refractivity contribution in [2.24, 2.45) is 0 Å². The van der Waals surface area contributed by atoms with Gasteiger partial charge in [-0.25, -0.2) is 13.2 Å². The molecule has 2 aromatic carbocycles. The Morgan fingerprint density at radius 3 is 2.41 bits per heavy atom. The SMILES string of the molecule is COC(=O)c1cc(C)c(CCc2cc(S(C)(=O)=O)ccc2OCc2ccccc2)[n+]([O-])c1. The van der Waals surface area contributed by atoms with Crippen LogP contribution >= 0.6 is 0 Å². The number of sulfone groups is 1. The Bertz CT molecular complexity index is 1200. The van der Waals surface area contributed by atoms with E-state index < -0.39 is 15.8 Å². The predicted octanol–water partition coefficient (Wildman–Crippen LogP) is 3.18. The largest absolute Gasteiger partial charge is 0.618 e. The maximum absolute atomic E-state index is 12.5. The van der Waals surface area contributed by atoms with Crippen molar-refractivity contribution in [2.45, 2.75) is 31.3 Å². The molecule has 1 heterocycles. The number of carbonyl (C=O) groups is 1. The standard InChI is InChI=1S/C24H25NO6S/c1-17-13-20(24(26)30-2)15-25(27)22(17)11-9-19-14-21(32(3,28)29)10-12-23(19)31-16-18-7-5-4-6-8-18/h4-8,10,12-15H,9,11,16H2,1-3H3. The Hall–Kier alpha value is -3.39. The first kappa shape index (κ1) is 23.3. The van der Waals surface area contributed by atoms with Gasteiger partial charge in [0.15, 0.2) is 21.7 Å². The Balaban J connectivity index is 1.87. The number of pyridine rings is 1. The molecule has 32 heavy (non-hydrogen) atoms. The maximum atomic E-state index is 12.5. The van der Waals surface area contributed by atoms with Crippen LogP contribution < -0.4 is 9.47 Å². The van der Waals surface area contributed by atoms with E-state index in [-0.39, 0.29) is 10.5 Å². The molecule has 1 aromatic heterocycles. The molecular weight excluding hydrogens is 430 g/mol. The third-order valence-corrected chi connectivity index (χ3v) is 6.21. The summed E-state index contributed by atoms with van der Waals surface area (Å²) in [5.74, 6) is -0.0239. The van der Waals surface area contributed by atoms with E-state index in [1.165, 1.54) is 19.4 Å². The summed E-state index contributed by atoms with van der Waals surface area (Å²) in [4.78, 5) is 11.9. The number of esters is 1. The summed E-state index contributed by atoms with van der Waals surface area (Å²) in [7, 11) is -2.14. The molecule has 0 aliphatic carbocycles. The van der Waals surface area contributed by atoms with Gasteiger partial charge < -0.3 is 14.7 Å². The van der Waals surface area contributed by atoms with Gasteiger partial charge >= 0.3 is 5.97 Å². The van der Waals surface area contributed by atoms with Crippen LogP contribution in [0.25, 0.3) is 0 Å². The van der Waals surface area contributed by atoms with Crippen molar-refractivity contribution in [3.05, 3.63) is 93.9 Å². The highest BCUT2D eigenvalue weighted by atomic mass is 32.2. The lowest BCUT2D eigenvalue weighted by Crippen LogP contribution is -2.34. The molecule has 0 spiro atoms. The van der Waals surface area contributed by atoms with Crippen LogP contribution in [0.5, 0.6) is 5.75 Å². The highest BCUT2D eigenvalue weighted by Gasteiger charge is 2.18. The molecule has 3 rings (SSSR count). The van der Waals surface area contributed by atoms with Crippen molar-refractivity contribution in [1.29, 1.82) is 0 Å². The van der Waals surface area contributed by atoms with Gasteiger partial charge in [0.25, 0.3) is 0 Å². The third kappa shape index (κ3) is 5.64. The molecule has 0 bridgehead atoms. The van der Waals surface area contributed by atoms with Gasteiger partial charge in [0.2, 0.25) is 0 Å². The van der Waals surface area contributed by atoms with Crippen molar-refractivity contribution < 1.29 is 27.4 Å². The van der Waals surface area contributed by atoms with Gasteiger partial charge in [0.1, 0.15) is 17.9 Å². The van der Waals surface area contributed by atoms with Crippen LogP contribution in [-0.4, -0.2) is 27.8 Å². The van der Waals surface area contributed by atoms with Gasteiger partial charge in [-0.05, 0) is 48.7 Å². The minimum absolute atomic E-state index is 0.176. The predicted molar refractivity (Wildman–Crippen MR) is 119 cm³/mol. The number of methoxy groups -OCH3 is 1. The van der Waals surface area contributed by atoms with Crippen molar-refractivity contribution in [1.82, 2.24) is 0 Å². The van der Waals surface area contributed by atoms with E-state index in [0.29, 0.717) is 46.7 Å². The molecule has 0 aliphatic heterocycles. The number of aromatic nitrogens is 1. The van der Waals surface area contributed by atoms with E-state index in [1.54, 1.807) is 25.1 Å². The number of ether oxygens (including phenoxy) is 2. The number of aryl methyl sites for hydroxylation is 2. The molecule has 168 valence electrons. The Kier molecular flexibility index (Phi) is 7.15. The lowest BCUT2D eigenvalue weighted by molar-refractivity contribution is -0.614. The summed E-state index contributed by atoms with van der Waals surface area (Å²) in [5, 5.41) is 12.5. The number of carbonyl (C=O) groups excluding carboxylic acids is 1. The monoisotopic (exact) mass is 455 g/mol. The summed E-state index contributed by atoms with van der Waals surface area (Å²) in [6.45, 7) is 2.08. The quantitative estimate of drug-likeness (QED) is 0.294. The molecule has 3 aromatic rings. The van der Waals surface area contributed by atoms with Gasteiger partial charge in [-0.3, -0.25) is 0 Å². The van der Waals surface area contributed by atoms with Crippen molar-refractivity contribution >= 4 is 15.8 Å². The number of benzene rings is 2. The maximum Gasteiger partial charge on any atom is 0.344 e. The molecule has 0 saturated heterocycles. The van der Waals surface area contributed by atoms with Crippen LogP contribution in [0, 0.1) is 12.1 Å². The second kappa shape index (κ2) is 9.82. The zero-order valence-electron chi connectivity index (χ0n) is 18.2. The second-order valence-electron chi connectivity index (χ2n) is 7.49. The smallest absolute Gasteiger partial charge is 0.344 e. The van der Waals surface area contributed by atoms with Gasteiger partial charge in [-0.1, -0.05) is 30.3 Å². The summed E-state index contributed by atoms with van der Waals surface area (Å²) < 4.78 is 35.4. The molecule has 0 N–H and O–H groups in total. The fourth-order valence-corrected chi connectivity index (χ4v) is 4.05. The molecule has 0 radical (unpaired) electrons. The van der Waals surface area contributed by atoms with E-state index in [0.717, 1.165) is 11.8 Å². The van der Waals surface area contributed by atoms with Gasteiger partial charge in [0, 0.05) is 18.2 Å². The minimum atomic E-state index is -3.40. The van der Waals surface area contributed by atoms with Crippen LogP contribution in [0.3, 0.4) is 0 Å².